The van der Waals surface area contributed by atoms with Gasteiger partial charge in [0, 0.05) is 50.1 Å². The first-order chi connectivity index (χ1) is 24.3. The molecule has 246 valence electrons. The Morgan fingerprint density at radius 3 is 2.56 bits per heavy atom. The lowest BCUT2D eigenvalue weighted by molar-refractivity contribution is 0.510. The van der Waals surface area contributed by atoms with Crippen LogP contribution in [0.5, 0.6) is 0 Å². The van der Waals surface area contributed by atoms with Crippen LogP contribution in [0.3, 0.4) is 0 Å². The summed E-state index contributed by atoms with van der Waals surface area (Å²) in [6.45, 7) is 7.24. The minimum atomic E-state index is -0.0577. The Kier molecular flexibility index (Phi) is 6.59. The van der Waals surface area contributed by atoms with Crippen LogP contribution in [0.15, 0.2) is 132 Å². The third-order valence-electron chi connectivity index (χ3n) is 12.6. The molecule has 0 saturated heterocycles. The van der Waals surface area contributed by atoms with E-state index >= 15 is 0 Å². The second-order valence-corrected chi connectivity index (χ2v) is 17.0. The summed E-state index contributed by atoms with van der Waals surface area (Å²) >= 11 is 2.00. The Morgan fingerprint density at radius 2 is 1.66 bits per heavy atom. The van der Waals surface area contributed by atoms with E-state index in [1.54, 1.807) is 0 Å². The third-order valence-corrected chi connectivity index (χ3v) is 13.8. The SMILES string of the molecule is CN(C1=C(C2(C)C=C3C(=CC2)C(C)(C)c2ccccc23)C=CCC1)c1ccc2c3c(sc2c1)CC(c1cccc2c1Cc1ccccc1-2)C=C3. The van der Waals surface area contributed by atoms with Crippen LogP contribution in [0, 0.1) is 5.41 Å². The number of nitrogens with zero attached hydrogens (tertiary/aromatic N) is 1. The smallest absolute Gasteiger partial charge is 0.0420 e. The van der Waals surface area contributed by atoms with Gasteiger partial charge in [0.2, 0.25) is 0 Å². The molecule has 4 aromatic carbocycles. The predicted molar refractivity (Wildman–Crippen MR) is 214 cm³/mol. The van der Waals surface area contributed by atoms with Crippen LogP contribution in [0.2, 0.25) is 0 Å². The van der Waals surface area contributed by atoms with E-state index in [0.717, 1.165) is 32.1 Å². The van der Waals surface area contributed by atoms with Crippen LogP contribution in [0.1, 0.15) is 84.2 Å². The molecule has 0 saturated carbocycles. The number of thiophene rings is 1. The quantitative estimate of drug-likeness (QED) is 0.181. The van der Waals surface area contributed by atoms with Gasteiger partial charge in [0.15, 0.2) is 0 Å². The van der Waals surface area contributed by atoms with Crippen molar-refractivity contribution in [2.75, 3.05) is 11.9 Å². The zero-order chi connectivity index (χ0) is 33.8. The second kappa shape index (κ2) is 10.9. The molecule has 0 radical (unpaired) electrons. The molecule has 0 spiro atoms. The van der Waals surface area contributed by atoms with Gasteiger partial charge in [0.25, 0.3) is 0 Å². The van der Waals surface area contributed by atoms with Crippen LogP contribution >= 0.6 is 11.3 Å². The molecule has 10 rings (SSSR count). The number of hydrogen-bond acceptors (Lipinski definition) is 2. The van der Waals surface area contributed by atoms with Crippen molar-refractivity contribution in [3.63, 3.8) is 0 Å². The summed E-state index contributed by atoms with van der Waals surface area (Å²) in [5.74, 6) is 0.418. The fourth-order valence-corrected chi connectivity index (χ4v) is 11.2. The largest absolute Gasteiger partial charge is 0.348 e. The highest BCUT2D eigenvalue weighted by Crippen LogP contribution is 2.56. The van der Waals surface area contributed by atoms with Crippen molar-refractivity contribution in [1.29, 1.82) is 0 Å². The first-order valence-corrected chi connectivity index (χ1v) is 19.2. The van der Waals surface area contributed by atoms with Crippen molar-refractivity contribution in [3.05, 3.63) is 170 Å². The van der Waals surface area contributed by atoms with Crippen molar-refractivity contribution >= 4 is 38.8 Å². The Morgan fingerprint density at radius 1 is 0.840 bits per heavy atom. The first kappa shape index (κ1) is 30.2. The molecule has 5 aliphatic carbocycles. The molecular formula is C48H43NS. The average Bonchev–Trinajstić information content (AvgIpc) is 3.78. The van der Waals surface area contributed by atoms with Crippen LogP contribution in [-0.4, -0.2) is 7.05 Å². The number of anilines is 1. The van der Waals surface area contributed by atoms with Crippen molar-refractivity contribution in [3.8, 4) is 11.1 Å². The standard InChI is InChI=1S/C48H43NS/c1-47(2)41-17-8-7-14-36(41)40-29-48(3,25-24-42(40)47)43-18-9-10-19-44(43)49(4)32-21-23-38-37-22-20-31(27-45(37)50-46(38)28-32)34-15-11-16-35-33-13-6-5-12-30(33)26-39(34)35/h5-9,11-18,20-24,28-29,31H,10,19,25-27H2,1-4H3. The van der Waals surface area contributed by atoms with Crippen LogP contribution in [0.25, 0.3) is 32.9 Å². The monoisotopic (exact) mass is 665 g/mol. The van der Waals surface area contributed by atoms with Gasteiger partial charge in [-0.15, -0.1) is 11.3 Å². The summed E-state index contributed by atoms with van der Waals surface area (Å²) in [6, 6.07) is 32.1. The molecule has 0 N–H and O–H groups in total. The fourth-order valence-electron chi connectivity index (χ4n) is 9.89. The molecule has 1 heterocycles. The maximum atomic E-state index is 2.61. The third kappa shape index (κ3) is 4.37. The molecule has 0 fully saturated rings. The lowest BCUT2D eigenvalue weighted by Crippen LogP contribution is -2.28. The Balaban J connectivity index is 0.974. The molecule has 0 bridgehead atoms. The van der Waals surface area contributed by atoms with E-state index in [1.807, 2.05) is 11.3 Å². The van der Waals surface area contributed by atoms with Gasteiger partial charge in [-0.3, -0.25) is 0 Å². The Bertz CT molecular complexity index is 2420. The Labute approximate surface area is 300 Å². The summed E-state index contributed by atoms with van der Waals surface area (Å²) in [7, 11) is 2.29. The molecule has 50 heavy (non-hydrogen) atoms. The number of rotatable bonds is 4. The van der Waals surface area contributed by atoms with Gasteiger partial charge in [0.05, 0.1) is 0 Å². The highest BCUT2D eigenvalue weighted by atomic mass is 32.1. The minimum absolute atomic E-state index is 0.0532. The van der Waals surface area contributed by atoms with Gasteiger partial charge in [-0.1, -0.05) is 130 Å². The first-order valence-electron chi connectivity index (χ1n) is 18.4. The van der Waals surface area contributed by atoms with E-state index in [1.165, 1.54) is 87.6 Å². The lowest BCUT2D eigenvalue weighted by atomic mass is 9.69. The summed E-state index contributed by atoms with van der Waals surface area (Å²) < 4.78 is 1.40. The molecule has 2 atom stereocenters. The van der Waals surface area contributed by atoms with Crippen molar-refractivity contribution in [2.45, 2.75) is 64.2 Å². The normalized spacial score (nSPS) is 22.4. The zero-order valence-electron chi connectivity index (χ0n) is 29.5. The van der Waals surface area contributed by atoms with Gasteiger partial charge in [0.1, 0.15) is 0 Å². The van der Waals surface area contributed by atoms with E-state index in [4.69, 9.17) is 0 Å². The van der Waals surface area contributed by atoms with E-state index in [-0.39, 0.29) is 10.8 Å². The molecule has 5 aliphatic rings. The maximum Gasteiger partial charge on any atom is 0.0420 e. The van der Waals surface area contributed by atoms with Gasteiger partial charge in [-0.2, -0.15) is 0 Å². The minimum Gasteiger partial charge on any atom is -0.348 e. The summed E-state index contributed by atoms with van der Waals surface area (Å²) in [5, 5.41) is 1.39. The van der Waals surface area contributed by atoms with Crippen LogP contribution in [0.4, 0.5) is 5.69 Å². The lowest BCUT2D eigenvalue weighted by Gasteiger charge is -2.38. The van der Waals surface area contributed by atoms with Crippen molar-refractivity contribution in [2.24, 2.45) is 5.41 Å². The van der Waals surface area contributed by atoms with Crippen molar-refractivity contribution < 1.29 is 0 Å². The predicted octanol–water partition coefficient (Wildman–Crippen LogP) is 12.6. The van der Waals surface area contributed by atoms with Gasteiger partial charge in [-0.25, -0.2) is 0 Å². The van der Waals surface area contributed by atoms with Gasteiger partial charge in [-0.05, 0) is 105 Å². The summed E-state index contributed by atoms with van der Waals surface area (Å²) in [6.07, 6.45) is 20.2. The molecule has 1 nitrogen and oxygen atoms in total. The topological polar surface area (TPSA) is 3.24 Å². The van der Waals surface area contributed by atoms with Crippen LogP contribution < -0.4 is 4.90 Å². The second-order valence-electron chi connectivity index (χ2n) is 15.8. The van der Waals surface area contributed by atoms with E-state index in [2.05, 4.69) is 154 Å². The van der Waals surface area contributed by atoms with Gasteiger partial charge >= 0.3 is 0 Å². The van der Waals surface area contributed by atoms with Crippen molar-refractivity contribution in [1.82, 2.24) is 0 Å². The molecular weight excluding hydrogens is 623 g/mol. The average molecular weight is 666 g/mol. The zero-order valence-corrected chi connectivity index (χ0v) is 30.3. The molecule has 0 aliphatic heterocycles. The highest BCUT2D eigenvalue weighted by Gasteiger charge is 2.43. The van der Waals surface area contributed by atoms with E-state index in [0.29, 0.717) is 5.92 Å². The summed E-state index contributed by atoms with van der Waals surface area (Å²) in [5.41, 5.74) is 18.8. The molecule has 5 aromatic rings. The Hall–Kier alpha value is -4.66. The molecule has 1 aromatic heterocycles. The van der Waals surface area contributed by atoms with E-state index < -0.39 is 0 Å². The van der Waals surface area contributed by atoms with E-state index in [9.17, 15) is 0 Å². The molecule has 2 unspecified atom stereocenters. The summed E-state index contributed by atoms with van der Waals surface area (Å²) in [4.78, 5) is 4.01. The molecule has 2 heteroatoms. The fraction of sp³-hybridized carbons (Fsp3) is 0.250. The number of allylic oxidation sites excluding steroid dienone is 9. The van der Waals surface area contributed by atoms with Gasteiger partial charge < -0.3 is 4.90 Å². The number of hydrogen-bond donors (Lipinski definition) is 0. The number of benzene rings is 4. The highest BCUT2D eigenvalue weighted by molar-refractivity contribution is 7.19. The molecule has 0 amide bonds. The maximum absolute atomic E-state index is 2.61. The number of fused-ring (bicyclic) bond motifs is 9. The van der Waals surface area contributed by atoms with Crippen LogP contribution in [-0.2, 0) is 18.3 Å².